The summed E-state index contributed by atoms with van der Waals surface area (Å²) >= 11 is 0. The van der Waals surface area contributed by atoms with E-state index in [1.54, 1.807) is 48.9 Å². The Morgan fingerprint density at radius 1 is 1.08 bits per heavy atom. The zero-order valence-electron chi connectivity index (χ0n) is 32.6. The summed E-state index contributed by atoms with van der Waals surface area (Å²) in [6.07, 6.45) is 4.92. The Morgan fingerprint density at radius 2 is 1.92 bits per heavy atom. The number of pyridine rings is 1. The van der Waals surface area contributed by atoms with Gasteiger partial charge in [0.15, 0.2) is 0 Å². The first-order valence-corrected chi connectivity index (χ1v) is 11.2. The van der Waals surface area contributed by atoms with Gasteiger partial charge in [0, 0.05) is 91.4 Å². The van der Waals surface area contributed by atoms with Crippen LogP contribution in [-0.4, -0.2) is 63.6 Å². The van der Waals surface area contributed by atoms with Crippen LogP contribution in [0.25, 0.3) is 11.3 Å². The quantitative estimate of drug-likeness (QED) is 0.379. The van der Waals surface area contributed by atoms with Crippen LogP contribution in [0.3, 0.4) is 0 Å². The van der Waals surface area contributed by atoms with Gasteiger partial charge in [0.1, 0.15) is 0 Å². The second-order valence-corrected chi connectivity index (χ2v) is 7.92. The molecule has 1 fully saturated rings. The maximum atomic E-state index is 13.2. The number of nitrogens with zero attached hydrogens (tertiary/aromatic N) is 5. The molecule has 1 aliphatic rings. The zero-order chi connectivity index (χ0) is 37.1. The molecule has 0 spiro atoms. The molecule has 0 radical (unpaired) electrons. The van der Waals surface area contributed by atoms with Crippen LogP contribution in [0.15, 0.2) is 79.3 Å². The van der Waals surface area contributed by atoms with Crippen molar-refractivity contribution in [1.82, 2.24) is 24.8 Å². The van der Waals surface area contributed by atoms with Crippen molar-refractivity contribution in [1.29, 1.82) is 0 Å². The lowest BCUT2D eigenvalue weighted by molar-refractivity contribution is 0.102. The summed E-state index contributed by atoms with van der Waals surface area (Å²) in [6.45, 7) is -20.0. The second-order valence-electron chi connectivity index (χ2n) is 7.92. The molecule has 1 amide bonds. The number of rotatable bonds is 7. The number of likely N-dealkylation sites (N-methyl/N-ethyl adjacent to an activating group) is 1. The number of anilines is 3. The van der Waals surface area contributed by atoms with Crippen LogP contribution in [-0.2, 0) is 6.50 Å². The molecule has 8 nitrogen and oxygen atoms in total. The number of aromatic nitrogens is 3. The Morgan fingerprint density at radius 3 is 2.68 bits per heavy atom. The van der Waals surface area contributed by atoms with Crippen LogP contribution >= 0.6 is 0 Å². The number of nitrogens with one attached hydrogen (secondary N) is 2. The highest BCUT2D eigenvalue weighted by Gasteiger charge is 2.14. The number of benzene rings is 2. The van der Waals surface area contributed by atoms with Crippen LogP contribution in [0.2, 0.25) is 0 Å². The maximum absolute atomic E-state index is 13.2. The van der Waals surface area contributed by atoms with E-state index in [1.165, 1.54) is 12.1 Å². The molecule has 188 valence electrons. The van der Waals surface area contributed by atoms with Crippen molar-refractivity contribution in [2.75, 3.05) is 43.6 Å². The third-order valence-electron chi connectivity index (χ3n) is 5.29. The summed E-state index contributed by atoms with van der Waals surface area (Å²) in [6, 6.07) is 14.9. The van der Waals surface area contributed by atoms with Gasteiger partial charge >= 0.3 is 0 Å². The molecule has 0 atom stereocenters. The van der Waals surface area contributed by atoms with Crippen LogP contribution in [0.5, 0.6) is 0 Å². The normalized spacial score (nSPS) is 25.7. The molecule has 4 aromatic rings. The van der Waals surface area contributed by atoms with Gasteiger partial charge in [-0.15, -0.1) is 0 Å². The Labute approximate surface area is 235 Å². The van der Waals surface area contributed by atoms with E-state index in [4.69, 9.17) is 17.8 Å². The molecule has 3 heterocycles. The van der Waals surface area contributed by atoms with E-state index in [0.717, 1.165) is 23.3 Å². The lowest BCUT2D eigenvalue weighted by Gasteiger charge is -2.32. The minimum Gasteiger partial charge on any atom is -0.324 e. The van der Waals surface area contributed by atoms with Crippen LogP contribution in [0, 0.1) is 6.92 Å². The van der Waals surface area contributed by atoms with Gasteiger partial charge in [-0.1, -0.05) is 18.2 Å². The largest absolute Gasteiger partial charge is 0.324 e. The van der Waals surface area contributed by atoms with E-state index in [2.05, 4.69) is 25.6 Å². The molecule has 2 aromatic carbocycles. The van der Waals surface area contributed by atoms with Crippen molar-refractivity contribution in [2.45, 2.75) is 13.4 Å². The average Bonchev–Trinajstić information content (AvgIpc) is 3.01. The van der Waals surface area contributed by atoms with Gasteiger partial charge in [-0.3, -0.25) is 14.7 Å². The van der Waals surface area contributed by atoms with E-state index in [1.807, 2.05) is 13.0 Å². The summed E-state index contributed by atoms with van der Waals surface area (Å²) in [5.74, 6) is -0.316. The van der Waals surface area contributed by atoms with Crippen LogP contribution < -0.4 is 10.6 Å². The second kappa shape index (κ2) is 11.3. The summed E-state index contributed by atoms with van der Waals surface area (Å²) in [4.78, 5) is 25.3. The molecule has 2 aromatic heterocycles. The molecular formula is C29H31N7O. The molecule has 2 N–H and O–H groups in total. The van der Waals surface area contributed by atoms with E-state index >= 15 is 0 Å². The molecule has 0 unspecified atom stereocenters. The van der Waals surface area contributed by atoms with Crippen molar-refractivity contribution in [3.8, 4) is 11.3 Å². The fourth-order valence-electron chi connectivity index (χ4n) is 3.39. The average molecular weight is 507 g/mol. The number of carbonyl (C=O) groups is 1. The maximum Gasteiger partial charge on any atom is 0.255 e. The highest BCUT2D eigenvalue weighted by molar-refractivity contribution is 6.04. The van der Waals surface area contributed by atoms with Crippen molar-refractivity contribution in [2.24, 2.45) is 0 Å². The number of amides is 1. The van der Waals surface area contributed by atoms with Crippen LogP contribution in [0.1, 0.15) is 39.3 Å². The van der Waals surface area contributed by atoms with E-state index in [9.17, 15) is 4.79 Å². The first kappa shape index (κ1) is 13.4. The van der Waals surface area contributed by atoms with E-state index in [0.29, 0.717) is 23.0 Å². The first-order chi connectivity index (χ1) is 23.0. The Balaban J connectivity index is 1.37. The van der Waals surface area contributed by atoms with Gasteiger partial charge in [-0.05, 0) is 67.5 Å². The minimum atomic E-state index is -3.74. The van der Waals surface area contributed by atoms with Gasteiger partial charge in [-0.2, -0.15) is 0 Å². The van der Waals surface area contributed by atoms with Crippen molar-refractivity contribution < 1.29 is 22.6 Å². The lowest BCUT2D eigenvalue weighted by atomic mass is 10.1. The predicted octanol–water partition coefficient (Wildman–Crippen LogP) is 4.59. The summed E-state index contributed by atoms with van der Waals surface area (Å²) < 4.78 is 107. The van der Waals surface area contributed by atoms with Crippen molar-refractivity contribution in [3.05, 3.63) is 95.9 Å². The van der Waals surface area contributed by atoms with Gasteiger partial charge in [-0.25, -0.2) is 9.97 Å². The number of hydrogen-bond acceptors (Lipinski definition) is 7. The number of piperazine rings is 1. The Bertz CT molecular complexity index is 1860. The van der Waals surface area contributed by atoms with Crippen molar-refractivity contribution >= 4 is 23.2 Å². The topological polar surface area (TPSA) is 86.3 Å². The SMILES string of the molecule is [2H]C([2H])([2H])N1C([2H])([2H])C([2H])([2H])N(C([2H])([2H])c2ccc(C(=O)Nc3ccc(C)c(Nc4nccc(-c5cccnc5)n4)c3)cc2)C([2H])([2H])C1([2H])[2H]. The monoisotopic (exact) mass is 506 g/mol. The standard InChI is InChI=1S/C29H31N7O/c1-21-5-10-25(18-27(21)34-29-31-13-11-26(33-29)24-4-3-12-30-19-24)32-28(37)23-8-6-22(7-9-23)20-36-16-14-35(2)15-17-36/h3-13,18-19H,14-17,20H2,1-2H3,(H,32,37)(H,31,33,34)/i2D3,14D2,15D2,16D2,17D2,20D2. The predicted molar refractivity (Wildman–Crippen MR) is 147 cm³/mol. The smallest absolute Gasteiger partial charge is 0.255 e. The Hall–Kier alpha value is -4.14. The fraction of sp³-hybridized carbons (Fsp3) is 0.241. The lowest BCUT2D eigenvalue weighted by Crippen LogP contribution is -2.43. The Kier molecular flexibility index (Phi) is 4.09. The molecule has 5 rings (SSSR count). The molecule has 8 heteroatoms. The third-order valence-corrected chi connectivity index (χ3v) is 5.29. The van der Waals surface area contributed by atoms with Crippen molar-refractivity contribution in [3.63, 3.8) is 0 Å². The molecule has 0 saturated carbocycles. The summed E-state index contributed by atoms with van der Waals surface area (Å²) in [7, 11) is 0. The highest BCUT2D eigenvalue weighted by atomic mass is 16.1. The molecule has 37 heavy (non-hydrogen) atoms. The third kappa shape index (κ3) is 6.35. The number of aryl methyl sites for hydroxylation is 1. The number of hydrogen-bond donors (Lipinski definition) is 2. The van der Waals surface area contributed by atoms with Gasteiger partial charge in [0.05, 0.1) is 5.69 Å². The first-order valence-electron chi connectivity index (χ1n) is 17.7. The van der Waals surface area contributed by atoms with Gasteiger partial charge in [0.2, 0.25) is 5.95 Å². The minimum absolute atomic E-state index is 0.0241. The highest BCUT2D eigenvalue weighted by Crippen LogP contribution is 2.24. The molecule has 0 aliphatic carbocycles. The van der Waals surface area contributed by atoms with Crippen LogP contribution in [0.4, 0.5) is 17.3 Å². The van der Waals surface area contributed by atoms with Gasteiger partial charge < -0.3 is 15.5 Å². The van der Waals surface area contributed by atoms with E-state index in [-0.39, 0.29) is 10.5 Å². The number of carbonyl (C=O) groups excluding carboxylic acids is 1. The summed E-state index contributed by atoms with van der Waals surface area (Å²) in [5.41, 5.74) is 2.80. The van der Waals surface area contributed by atoms with E-state index < -0.39 is 55.8 Å². The zero-order valence-corrected chi connectivity index (χ0v) is 19.6. The molecule has 1 aliphatic heterocycles. The molecular weight excluding hydrogens is 462 g/mol. The van der Waals surface area contributed by atoms with Gasteiger partial charge in [0.25, 0.3) is 5.91 Å². The summed E-state index contributed by atoms with van der Waals surface area (Å²) in [5, 5.41) is 5.86. The molecule has 1 saturated heterocycles. The fourth-order valence-corrected chi connectivity index (χ4v) is 3.39. The molecule has 0 bridgehead atoms.